The Labute approximate surface area is 96.3 Å². The van der Waals surface area contributed by atoms with E-state index in [0.717, 1.165) is 12.3 Å². The van der Waals surface area contributed by atoms with Crippen LogP contribution in [0.3, 0.4) is 0 Å². The Balaban J connectivity index is 2.98. The summed E-state index contributed by atoms with van der Waals surface area (Å²) in [6.07, 6.45) is 13.3. The van der Waals surface area contributed by atoms with Gasteiger partial charge in [0.2, 0.25) is 0 Å². The molecule has 0 aromatic heterocycles. The highest BCUT2D eigenvalue weighted by atomic mass is 16.2. The molecule has 0 heterocycles. The van der Waals surface area contributed by atoms with Gasteiger partial charge in [0.1, 0.15) is 0 Å². The monoisotopic (exact) mass is 214 g/mol. The fourth-order valence-electron chi connectivity index (χ4n) is 2.13. The molecule has 92 valence electrons. The third kappa shape index (κ3) is 11.9. The lowest BCUT2D eigenvalue weighted by atomic mass is 9.98. The fourth-order valence-corrected chi connectivity index (χ4v) is 2.13. The van der Waals surface area contributed by atoms with E-state index in [0.29, 0.717) is 6.61 Å². The van der Waals surface area contributed by atoms with Gasteiger partial charge in [0.15, 0.2) is 0 Å². The lowest BCUT2D eigenvalue weighted by molar-refractivity contribution is 0.282. The molecule has 0 aliphatic carbocycles. The zero-order valence-corrected chi connectivity index (χ0v) is 10.8. The Kier molecular flexibility index (Phi) is 12.0. The summed E-state index contributed by atoms with van der Waals surface area (Å²) >= 11 is 0. The molecule has 0 rings (SSSR count). The molecule has 1 nitrogen and oxygen atoms in total. The molecule has 1 unspecified atom stereocenters. The van der Waals surface area contributed by atoms with E-state index in [1.807, 2.05) is 0 Å². The van der Waals surface area contributed by atoms with Crippen LogP contribution in [0.1, 0.15) is 78.1 Å². The Morgan fingerprint density at radius 2 is 1.33 bits per heavy atom. The minimum absolute atomic E-state index is 0.370. The summed E-state index contributed by atoms with van der Waals surface area (Å²) in [7, 11) is 0. The summed E-state index contributed by atoms with van der Waals surface area (Å²) in [5, 5.41) is 8.62. The van der Waals surface area contributed by atoms with E-state index in [2.05, 4.69) is 13.8 Å². The van der Waals surface area contributed by atoms with Crippen molar-refractivity contribution in [1.82, 2.24) is 0 Å². The van der Waals surface area contributed by atoms with Gasteiger partial charge in [0, 0.05) is 6.61 Å². The van der Waals surface area contributed by atoms with Crippen molar-refractivity contribution in [2.75, 3.05) is 6.61 Å². The second-order valence-corrected chi connectivity index (χ2v) is 4.88. The Morgan fingerprint density at radius 3 is 1.87 bits per heavy atom. The van der Waals surface area contributed by atoms with E-state index < -0.39 is 0 Å². The molecule has 0 aromatic rings. The van der Waals surface area contributed by atoms with Gasteiger partial charge in [-0.15, -0.1) is 0 Å². The molecule has 0 aromatic carbocycles. The van der Waals surface area contributed by atoms with Gasteiger partial charge in [0.25, 0.3) is 0 Å². The second kappa shape index (κ2) is 12.0. The largest absolute Gasteiger partial charge is 0.396 e. The van der Waals surface area contributed by atoms with Crippen molar-refractivity contribution in [3.05, 3.63) is 0 Å². The summed E-state index contributed by atoms with van der Waals surface area (Å²) in [6, 6.07) is 0. The van der Waals surface area contributed by atoms with E-state index in [1.54, 1.807) is 0 Å². The van der Waals surface area contributed by atoms with E-state index >= 15 is 0 Å². The highest BCUT2D eigenvalue weighted by Gasteiger charge is 1.99. The Hall–Kier alpha value is -0.0400. The first-order chi connectivity index (χ1) is 7.31. The summed E-state index contributed by atoms with van der Waals surface area (Å²) in [5.41, 5.74) is 0. The van der Waals surface area contributed by atoms with Crippen molar-refractivity contribution >= 4 is 0 Å². The van der Waals surface area contributed by atoms with Crippen LogP contribution in [0.25, 0.3) is 0 Å². The van der Waals surface area contributed by atoms with Crippen LogP contribution in [0.2, 0.25) is 0 Å². The number of hydrogen-bond donors (Lipinski definition) is 1. The smallest absolute Gasteiger partial charge is 0.0431 e. The predicted molar refractivity (Wildman–Crippen MR) is 68.1 cm³/mol. The molecule has 1 atom stereocenters. The first-order valence-corrected chi connectivity index (χ1v) is 6.92. The SMILES string of the molecule is CCCC(C)CCCCCCCCCO. The molecule has 0 spiro atoms. The molecule has 15 heavy (non-hydrogen) atoms. The molecule has 0 fully saturated rings. The van der Waals surface area contributed by atoms with Crippen LogP contribution in [0, 0.1) is 5.92 Å². The van der Waals surface area contributed by atoms with Gasteiger partial charge in [0.05, 0.1) is 0 Å². The molecule has 0 aliphatic rings. The van der Waals surface area contributed by atoms with Crippen LogP contribution in [0.15, 0.2) is 0 Å². The molecular weight excluding hydrogens is 184 g/mol. The maximum Gasteiger partial charge on any atom is 0.0431 e. The second-order valence-electron chi connectivity index (χ2n) is 4.88. The predicted octanol–water partition coefficient (Wildman–Crippen LogP) is 4.54. The average molecular weight is 214 g/mol. The Morgan fingerprint density at radius 1 is 0.800 bits per heavy atom. The minimum Gasteiger partial charge on any atom is -0.396 e. The molecule has 0 bridgehead atoms. The van der Waals surface area contributed by atoms with Gasteiger partial charge < -0.3 is 5.11 Å². The number of hydrogen-bond acceptors (Lipinski definition) is 1. The maximum absolute atomic E-state index is 8.62. The number of aliphatic hydroxyl groups is 1. The molecule has 1 N–H and O–H groups in total. The highest BCUT2D eigenvalue weighted by molar-refractivity contribution is 4.53. The average Bonchev–Trinajstić information content (AvgIpc) is 2.22. The van der Waals surface area contributed by atoms with Gasteiger partial charge in [-0.25, -0.2) is 0 Å². The minimum atomic E-state index is 0.370. The summed E-state index contributed by atoms with van der Waals surface area (Å²) in [6.45, 7) is 5.02. The normalized spacial score (nSPS) is 13.0. The van der Waals surface area contributed by atoms with Gasteiger partial charge in [-0.1, -0.05) is 71.6 Å². The van der Waals surface area contributed by atoms with Crippen molar-refractivity contribution in [2.24, 2.45) is 5.92 Å². The zero-order valence-electron chi connectivity index (χ0n) is 10.8. The lowest BCUT2D eigenvalue weighted by Crippen LogP contribution is -1.93. The number of rotatable bonds is 11. The number of aliphatic hydroxyl groups excluding tert-OH is 1. The van der Waals surface area contributed by atoms with Gasteiger partial charge in [-0.05, 0) is 12.3 Å². The van der Waals surface area contributed by atoms with E-state index in [1.165, 1.54) is 57.8 Å². The standard InChI is InChI=1S/C14H30O/c1-3-11-14(2)12-9-7-5-4-6-8-10-13-15/h14-15H,3-13H2,1-2H3. The van der Waals surface area contributed by atoms with Crippen molar-refractivity contribution in [1.29, 1.82) is 0 Å². The first-order valence-electron chi connectivity index (χ1n) is 6.92. The van der Waals surface area contributed by atoms with Crippen molar-refractivity contribution < 1.29 is 5.11 Å². The topological polar surface area (TPSA) is 20.2 Å². The Bertz CT molecular complexity index is 112. The molecule has 1 heteroatoms. The van der Waals surface area contributed by atoms with Crippen molar-refractivity contribution in [3.8, 4) is 0 Å². The number of unbranched alkanes of at least 4 members (excludes halogenated alkanes) is 6. The molecule has 0 saturated carbocycles. The molecule has 0 radical (unpaired) electrons. The summed E-state index contributed by atoms with van der Waals surface area (Å²) in [4.78, 5) is 0. The molecule has 0 aliphatic heterocycles. The summed E-state index contributed by atoms with van der Waals surface area (Å²) < 4.78 is 0. The quantitative estimate of drug-likeness (QED) is 0.501. The lowest BCUT2D eigenvalue weighted by Gasteiger charge is -2.09. The van der Waals surface area contributed by atoms with Crippen LogP contribution in [0.5, 0.6) is 0 Å². The molecular formula is C14H30O. The van der Waals surface area contributed by atoms with Crippen LogP contribution in [0.4, 0.5) is 0 Å². The molecule has 0 saturated heterocycles. The maximum atomic E-state index is 8.62. The van der Waals surface area contributed by atoms with Crippen LogP contribution >= 0.6 is 0 Å². The molecule has 0 amide bonds. The highest BCUT2D eigenvalue weighted by Crippen LogP contribution is 2.15. The van der Waals surface area contributed by atoms with E-state index in [-0.39, 0.29) is 0 Å². The third-order valence-corrected chi connectivity index (χ3v) is 3.14. The zero-order chi connectivity index (χ0) is 11.4. The van der Waals surface area contributed by atoms with Crippen LogP contribution in [-0.2, 0) is 0 Å². The van der Waals surface area contributed by atoms with Crippen LogP contribution in [-0.4, -0.2) is 11.7 Å². The fraction of sp³-hybridized carbons (Fsp3) is 1.00. The first kappa shape index (κ1) is 15.0. The van der Waals surface area contributed by atoms with Crippen LogP contribution < -0.4 is 0 Å². The van der Waals surface area contributed by atoms with E-state index in [9.17, 15) is 0 Å². The summed E-state index contributed by atoms with van der Waals surface area (Å²) in [5.74, 6) is 0.935. The van der Waals surface area contributed by atoms with Gasteiger partial charge in [-0.2, -0.15) is 0 Å². The third-order valence-electron chi connectivity index (χ3n) is 3.14. The van der Waals surface area contributed by atoms with Crippen molar-refractivity contribution in [3.63, 3.8) is 0 Å². The van der Waals surface area contributed by atoms with Gasteiger partial charge in [-0.3, -0.25) is 0 Å². The van der Waals surface area contributed by atoms with Gasteiger partial charge >= 0.3 is 0 Å². The van der Waals surface area contributed by atoms with E-state index in [4.69, 9.17) is 5.11 Å². The van der Waals surface area contributed by atoms with Crippen molar-refractivity contribution in [2.45, 2.75) is 78.1 Å².